The van der Waals surface area contributed by atoms with Crippen LogP contribution in [0, 0.1) is 0 Å². The van der Waals surface area contributed by atoms with E-state index in [1.807, 2.05) is 0 Å². The molecule has 0 spiro atoms. The van der Waals surface area contributed by atoms with Crippen molar-refractivity contribution in [1.82, 2.24) is 0 Å². The van der Waals surface area contributed by atoms with Crippen LogP contribution in [0.2, 0.25) is 0 Å². The highest BCUT2D eigenvalue weighted by molar-refractivity contribution is 6.49. The van der Waals surface area contributed by atoms with Gasteiger partial charge in [0.1, 0.15) is 5.71 Å². The van der Waals surface area contributed by atoms with Crippen molar-refractivity contribution in [1.29, 1.82) is 0 Å². The molecule has 1 N–H and O–H groups in total. The average Bonchev–Trinajstić information content (AvgIpc) is 2.82. The molecule has 1 aromatic carbocycles. The molecule has 1 aliphatic heterocycles. The molecule has 0 amide bonds. The summed E-state index contributed by atoms with van der Waals surface area (Å²) in [6.07, 6.45) is 0.303. The van der Waals surface area contributed by atoms with Gasteiger partial charge in [0, 0.05) is 17.5 Å². The van der Waals surface area contributed by atoms with Crippen molar-refractivity contribution < 1.29 is 19.5 Å². The van der Waals surface area contributed by atoms with Crippen molar-refractivity contribution in [3.8, 4) is 11.5 Å². The van der Waals surface area contributed by atoms with Crippen molar-refractivity contribution in [3.63, 3.8) is 0 Å². The van der Waals surface area contributed by atoms with Gasteiger partial charge in [0.2, 0.25) is 12.6 Å². The summed E-state index contributed by atoms with van der Waals surface area (Å²) in [7, 11) is 0. The zero-order chi connectivity index (χ0) is 10.4. The number of hydrogen-bond acceptors (Lipinski definition) is 5. The fourth-order valence-corrected chi connectivity index (χ4v) is 1.90. The number of nitrogens with zero attached hydrogens (tertiary/aromatic N) is 1. The van der Waals surface area contributed by atoms with Crippen molar-refractivity contribution in [2.45, 2.75) is 6.42 Å². The van der Waals surface area contributed by atoms with Crippen LogP contribution in [-0.2, 0) is 6.42 Å². The summed E-state index contributed by atoms with van der Waals surface area (Å²) in [6, 6.07) is 3.36. The Morgan fingerprint density at radius 3 is 3.00 bits per heavy atom. The van der Waals surface area contributed by atoms with Gasteiger partial charge < -0.3 is 14.7 Å². The highest BCUT2D eigenvalue weighted by Gasteiger charge is 2.33. The molecule has 0 fully saturated rings. The molecule has 2 aliphatic rings. The van der Waals surface area contributed by atoms with E-state index >= 15 is 0 Å². The highest BCUT2D eigenvalue weighted by atomic mass is 16.7. The summed E-state index contributed by atoms with van der Waals surface area (Å²) in [5.41, 5.74) is 1.43. The minimum Gasteiger partial charge on any atom is -0.454 e. The summed E-state index contributed by atoms with van der Waals surface area (Å²) in [4.78, 5) is 11.6. The fourth-order valence-electron chi connectivity index (χ4n) is 1.90. The Balaban J connectivity index is 2.22. The second-order valence-electron chi connectivity index (χ2n) is 3.38. The van der Waals surface area contributed by atoms with E-state index in [2.05, 4.69) is 5.16 Å². The molecule has 0 aromatic heterocycles. The number of ether oxygens (including phenoxy) is 2. The van der Waals surface area contributed by atoms with Crippen LogP contribution in [0.25, 0.3) is 0 Å². The van der Waals surface area contributed by atoms with Crippen molar-refractivity contribution in [2.75, 3.05) is 6.79 Å². The fraction of sp³-hybridized carbons (Fsp3) is 0.200. The third kappa shape index (κ3) is 0.971. The molecule has 5 nitrogen and oxygen atoms in total. The maximum atomic E-state index is 11.6. The maximum Gasteiger partial charge on any atom is 0.231 e. The predicted octanol–water partition coefficient (Wildman–Crippen LogP) is 0.984. The molecule has 15 heavy (non-hydrogen) atoms. The van der Waals surface area contributed by atoms with E-state index in [0.29, 0.717) is 23.5 Å². The summed E-state index contributed by atoms with van der Waals surface area (Å²) >= 11 is 0. The van der Waals surface area contributed by atoms with E-state index in [4.69, 9.17) is 14.7 Å². The quantitative estimate of drug-likeness (QED) is 0.506. The van der Waals surface area contributed by atoms with E-state index in [1.54, 1.807) is 12.1 Å². The van der Waals surface area contributed by atoms with Crippen LogP contribution in [0.3, 0.4) is 0 Å². The Labute approximate surface area is 84.9 Å². The lowest BCUT2D eigenvalue weighted by Crippen LogP contribution is -2.06. The molecule has 0 saturated carbocycles. The van der Waals surface area contributed by atoms with Gasteiger partial charge in [0.15, 0.2) is 11.5 Å². The number of Topliss-reactive ketones (excluding diaryl/α,β-unsaturated/α-hetero) is 1. The molecule has 0 bridgehead atoms. The molecule has 0 saturated heterocycles. The van der Waals surface area contributed by atoms with E-state index in [9.17, 15) is 4.79 Å². The molecule has 0 radical (unpaired) electrons. The molecule has 1 aromatic rings. The van der Waals surface area contributed by atoms with Crippen LogP contribution < -0.4 is 9.47 Å². The standard InChI is InChI=1S/C10H7NO4/c12-9-5-1-2-8-10(15-4-14-8)6(5)3-7(9)11-13/h1-2,13H,3-4H2. The lowest BCUT2D eigenvalue weighted by molar-refractivity contribution is 0.106. The van der Waals surface area contributed by atoms with Gasteiger partial charge in [-0.1, -0.05) is 5.16 Å². The first kappa shape index (κ1) is 8.28. The van der Waals surface area contributed by atoms with Gasteiger partial charge in [-0.3, -0.25) is 4.79 Å². The van der Waals surface area contributed by atoms with Gasteiger partial charge in [-0.2, -0.15) is 0 Å². The van der Waals surface area contributed by atoms with Crippen LogP contribution in [0.1, 0.15) is 15.9 Å². The number of carbonyl (C=O) groups excluding carboxylic acids is 1. The molecule has 1 aliphatic carbocycles. The van der Waals surface area contributed by atoms with E-state index in [-0.39, 0.29) is 18.3 Å². The Kier molecular flexibility index (Phi) is 1.50. The van der Waals surface area contributed by atoms with Crippen LogP contribution in [-0.4, -0.2) is 23.5 Å². The molecule has 5 heteroatoms. The molecule has 3 rings (SSSR count). The normalized spacial score (nSPS) is 19.7. The smallest absolute Gasteiger partial charge is 0.231 e. The Bertz CT molecular complexity index is 492. The van der Waals surface area contributed by atoms with Gasteiger partial charge >= 0.3 is 0 Å². The van der Waals surface area contributed by atoms with Crippen LogP contribution in [0.5, 0.6) is 11.5 Å². The first-order chi connectivity index (χ1) is 7.31. The van der Waals surface area contributed by atoms with E-state index in [1.165, 1.54) is 0 Å². The number of rotatable bonds is 0. The van der Waals surface area contributed by atoms with Gasteiger partial charge in [0.25, 0.3) is 0 Å². The van der Waals surface area contributed by atoms with E-state index in [0.717, 1.165) is 5.56 Å². The zero-order valence-corrected chi connectivity index (χ0v) is 7.69. The summed E-state index contributed by atoms with van der Waals surface area (Å²) in [5, 5.41) is 11.6. The number of benzene rings is 1. The van der Waals surface area contributed by atoms with Crippen molar-refractivity contribution in [3.05, 3.63) is 23.3 Å². The lowest BCUT2D eigenvalue weighted by Gasteiger charge is -2.00. The van der Waals surface area contributed by atoms with Gasteiger partial charge in [-0.15, -0.1) is 0 Å². The van der Waals surface area contributed by atoms with Gasteiger partial charge in [-0.25, -0.2) is 0 Å². The highest BCUT2D eigenvalue weighted by Crippen LogP contribution is 2.40. The first-order valence-corrected chi connectivity index (χ1v) is 4.48. The number of fused-ring (bicyclic) bond motifs is 3. The zero-order valence-electron chi connectivity index (χ0n) is 7.69. The second-order valence-corrected chi connectivity index (χ2v) is 3.38. The second kappa shape index (κ2) is 2.73. The molecule has 0 atom stereocenters. The van der Waals surface area contributed by atoms with Crippen LogP contribution in [0.15, 0.2) is 17.3 Å². The molecule has 1 heterocycles. The molecular formula is C10H7NO4. The first-order valence-electron chi connectivity index (χ1n) is 4.48. The van der Waals surface area contributed by atoms with E-state index < -0.39 is 0 Å². The number of hydrogen-bond donors (Lipinski definition) is 1. The Morgan fingerprint density at radius 1 is 1.33 bits per heavy atom. The molecular weight excluding hydrogens is 198 g/mol. The van der Waals surface area contributed by atoms with Crippen LogP contribution >= 0.6 is 0 Å². The topological polar surface area (TPSA) is 68.1 Å². The number of oxime groups is 1. The molecule has 76 valence electrons. The van der Waals surface area contributed by atoms with Crippen molar-refractivity contribution >= 4 is 11.5 Å². The predicted molar refractivity (Wildman–Crippen MR) is 49.8 cm³/mol. The van der Waals surface area contributed by atoms with Crippen molar-refractivity contribution in [2.24, 2.45) is 5.16 Å². The third-order valence-electron chi connectivity index (χ3n) is 2.61. The Hall–Kier alpha value is -2.04. The Morgan fingerprint density at radius 2 is 2.20 bits per heavy atom. The van der Waals surface area contributed by atoms with Gasteiger partial charge in [0.05, 0.1) is 0 Å². The molecule has 0 unspecified atom stereocenters. The monoisotopic (exact) mass is 205 g/mol. The largest absolute Gasteiger partial charge is 0.454 e. The van der Waals surface area contributed by atoms with Crippen LogP contribution in [0.4, 0.5) is 0 Å². The summed E-state index contributed by atoms with van der Waals surface area (Å²) in [6.45, 7) is 0.172. The lowest BCUT2D eigenvalue weighted by atomic mass is 10.1. The van der Waals surface area contributed by atoms with Gasteiger partial charge in [-0.05, 0) is 12.1 Å². The maximum absolute atomic E-state index is 11.6. The third-order valence-corrected chi connectivity index (χ3v) is 2.61. The minimum atomic E-state index is -0.245. The average molecular weight is 205 g/mol. The SMILES string of the molecule is O=C1C(=NO)Cc2c1ccc1c2OCO1. The summed E-state index contributed by atoms with van der Waals surface area (Å²) < 4.78 is 10.5. The minimum absolute atomic E-state index is 0.147. The summed E-state index contributed by atoms with van der Waals surface area (Å²) in [5.74, 6) is 0.992. The number of carbonyl (C=O) groups is 1. The number of ketones is 1.